The molecule has 4 N–H and O–H groups in total. The van der Waals surface area contributed by atoms with E-state index in [1.165, 1.54) is 6.07 Å². The maximum atomic E-state index is 12.9. The number of carbonyl (C=O) groups is 1. The molecule has 1 aromatic carbocycles. The number of hydrogen-bond donors (Lipinski definition) is 2. The second-order valence-electron chi connectivity index (χ2n) is 6.48. The van der Waals surface area contributed by atoms with E-state index in [0.717, 1.165) is 18.4 Å². The Kier molecular flexibility index (Phi) is 5.13. The first-order chi connectivity index (χ1) is 10.6. The Morgan fingerprint density at radius 2 is 2.00 bits per heavy atom. The molecule has 2 rings (SSSR count). The van der Waals surface area contributed by atoms with Crippen LogP contribution in [0.25, 0.3) is 0 Å². The Balaban J connectivity index is 2.42. The number of nitrogens with two attached hydrogens (primary N) is 2. The van der Waals surface area contributed by atoms with Crippen LogP contribution in [0.2, 0.25) is 0 Å². The quantitative estimate of drug-likeness (QED) is 0.861. The van der Waals surface area contributed by atoms with E-state index in [2.05, 4.69) is 6.92 Å². The highest BCUT2D eigenvalue weighted by atomic mass is 32.2. The molecule has 1 aliphatic rings. The topological polar surface area (TPSA) is 106 Å². The van der Waals surface area contributed by atoms with E-state index in [1.807, 2.05) is 0 Å². The van der Waals surface area contributed by atoms with Crippen molar-refractivity contribution in [2.24, 2.45) is 16.8 Å². The number of amides is 1. The van der Waals surface area contributed by atoms with Gasteiger partial charge < -0.3 is 10.6 Å². The van der Waals surface area contributed by atoms with E-state index in [0.29, 0.717) is 30.1 Å². The predicted molar refractivity (Wildman–Crippen MR) is 89.6 cm³/mol. The van der Waals surface area contributed by atoms with Gasteiger partial charge in [-0.15, -0.1) is 0 Å². The summed E-state index contributed by atoms with van der Waals surface area (Å²) in [5, 5.41) is 5.27. The smallest absolute Gasteiger partial charge is 0.254 e. The van der Waals surface area contributed by atoms with Crippen LogP contribution < -0.4 is 10.9 Å². The fraction of sp³-hybridized carbons (Fsp3) is 0.562. The Morgan fingerprint density at radius 3 is 2.57 bits per heavy atom. The molecule has 0 aliphatic carbocycles. The molecular formula is C16H25N3O3S. The number of carbonyl (C=O) groups excluding carboxylic acids is 1. The summed E-state index contributed by atoms with van der Waals surface area (Å²) in [5.41, 5.74) is 7.47. The maximum absolute atomic E-state index is 12.9. The number of likely N-dealkylation sites (tertiary alicyclic amines) is 1. The van der Waals surface area contributed by atoms with Gasteiger partial charge in [0.1, 0.15) is 0 Å². The van der Waals surface area contributed by atoms with E-state index >= 15 is 0 Å². The van der Waals surface area contributed by atoms with Crippen LogP contribution in [-0.2, 0) is 10.0 Å². The first-order valence-electron chi connectivity index (χ1n) is 7.80. The van der Waals surface area contributed by atoms with E-state index < -0.39 is 10.0 Å². The third-order valence-corrected chi connectivity index (χ3v) is 5.72. The molecular weight excluding hydrogens is 314 g/mol. The Labute approximate surface area is 137 Å². The zero-order valence-corrected chi connectivity index (χ0v) is 14.7. The van der Waals surface area contributed by atoms with Crippen LogP contribution in [0.5, 0.6) is 0 Å². The average molecular weight is 339 g/mol. The molecule has 0 aromatic heterocycles. The van der Waals surface area contributed by atoms with Crippen LogP contribution in [0.3, 0.4) is 0 Å². The van der Waals surface area contributed by atoms with Gasteiger partial charge in [0.05, 0.1) is 4.90 Å². The second kappa shape index (κ2) is 6.59. The molecule has 1 aromatic rings. The molecule has 128 valence electrons. The van der Waals surface area contributed by atoms with Gasteiger partial charge in [-0.2, -0.15) is 0 Å². The molecule has 0 radical (unpaired) electrons. The lowest BCUT2D eigenvalue weighted by atomic mass is 9.91. The minimum absolute atomic E-state index is 0.00853. The van der Waals surface area contributed by atoms with Gasteiger partial charge in [-0.25, -0.2) is 13.6 Å². The van der Waals surface area contributed by atoms with Gasteiger partial charge in [-0.1, -0.05) is 6.92 Å². The molecule has 2 atom stereocenters. The summed E-state index contributed by atoms with van der Waals surface area (Å²) >= 11 is 0. The zero-order chi connectivity index (χ0) is 17.4. The van der Waals surface area contributed by atoms with Gasteiger partial charge in [-0.05, 0) is 55.9 Å². The number of rotatable bonds is 3. The summed E-state index contributed by atoms with van der Waals surface area (Å²) in [5.74, 6) is 0.354. The van der Waals surface area contributed by atoms with Crippen molar-refractivity contribution >= 4 is 15.9 Å². The van der Waals surface area contributed by atoms with Crippen LogP contribution in [0.15, 0.2) is 17.0 Å². The van der Waals surface area contributed by atoms with Gasteiger partial charge in [0, 0.05) is 24.7 Å². The van der Waals surface area contributed by atoms with Crippen LogP contribution in [0.4, 0.5) is 0 Å². The molecule has 1 saturated heterocycles. The minimum atomic E-state index is -3.87. The SMILES string of the molecule is Cc1cc(C(=O)N2CCC(C)CC2CN)cc(S(N)(=O)=O)c1C. The summed E-state index contributed by atoms with van der Waals surface area (Å²) in [6, 6.07) is 3.09. The Morgan fingerprint density at radius 1 is 1.35 bits per heavy atom. The molecule has 0 spiro atoms. The van der Waals surface area contributed by atoms with E-state index in [4.69, 9.17) is 10.9 Å². The normalized spacial score (nSPS) is 22.2. The molecule has 1 aliphatic heterocycles. The highest BCUT2D eigenvalue weighted by molar-refractivity contribution is 7.89. The number of nitrogens with zero attached hydrogens (tertiary/aromatic N) is 1. The summed E-state index contributed by atoms with van der Waals surface area (Å²) in [7, 11) is -3.87. The number of benzene rings is 1. The van der Waals surface area contributed by atoms with Crippen molar-refractivity contribution in [1.29, 1.82) is 0 Å². The van der Waals surface area contributed by atoms with Crippen molar-refractivity contribution in [3.8, 4) is 0 Å². The fourth-order valence-electron chi connectivity index (χ4n) is 3.15. The third kappa shape index (κ3) is 3.73. The van der Waals surface area contributed by atoms with Crippen LogP contribution in [0, 0.1) is 19.8 Å². The standard InChI is InChI=1S/C16H25N3O3S/c1-10-4-5-19(14(6-10)9-17)16(20)13-7-11(2)12(3)15(8-13)23(18,21)22/h7-8,10,14H,4-6,9,17H2,1-3H3,(H2,18,21,22). The molecule has 0 bridgehead atoms. The lowest BCUT2D eigenvalue weighted by molar-refractivity contribution is 0.0573. The first-order valence-corrected chi connectivity index (χ1v) is 9.34. The summed E-state index contributed by atoms with van der Waals surface area (Å²) in [6.07, 6.45) is 1.80. The third-order valence-electron chi connectivity index (χ3n) is 4.68. The molecule has 23 heavy (non-hydrogen) atoms. The van der Waals surface area contributed by atoms with Crippen LogP contribution in [-0.4, -0.2) is 38.4 Å². The highest BCUT2D eigenvalue weighted by Crippen LogP contribution is 2.26. The molecule has 1 fully saturated rings. The fourth-order valence-corrected chi connectivity index (χ4v) is 4.03. The molecule has 6 nitrogen and oxygen atoms in total. The number of primary sulfonamides is 1. The largest absolute Gasteiger partial charge is 0.334 e. The number of aryl methyl sites for hydroxylation is 1. The molecule has 1 amide bonds. The summed E-state index contributed by atoms with van der Waals surface area (Å²) in [6.45, 7) is 6.66. The zero-order valence-electron chi connectivity index (χ0n) is 13.9. The monoisotopic (exact) mass is 339 g/mol. The number of hydrogen-bond acceptors (Lipinski definition) is 4. The molecule has 7 heteroatoms. The van der Waals surface area contributed by atoms with Crippen molar-refractivity contribution in [1.82, 2.24) is 4.90 Å². The van der Waals surface area contributed by atoms with E-state index in [9.17, 15) is 13.2 Å². The summed E-state index contributed by atoms with van der Waals surface area (Å²) in [4.78, 5) is 14.6. The Bertz CT molecular complexity index is 716. The van der Waals surface area contributed by atoms with Crippen molar-refractivity contribution in [3.05, 3.63) is 28.8 Å². The van der Waals surface area contributed by atoms with Crippen molar-refractivity contribution in [2.45, 2.75) is 44.6 Å². The summed E-state index contributed by atoms with van der Waals surface area (Å²) < 4.78 is 23.5. The Hall–Kier alpha value is -1.44. The molecule has 2 unspecified atom stereocenters. The van der Waals surface area contributed by atoms with Gasteiger partial charge in [0.25, 0.3) is 5.91 Å². The van der Waals surface area contributed by atoms with Crippen LogP contribution in [0.1, 0.15) is 41.3 Å². The first kappa shape index (κ1) is 17.9. The minimum Gasteiger partial charge on any atom is -0.334 e. The average Bonchev–Trinajstić information content (AvgIpc) is 2.47. The van der Waals surface area contributed by atoms with Crippen molar-refractivity contribution < 1.29 is 13.2 Å². The van der Waals surface area contributed by atoms with Gasteiger partial charge in [-0.3, -0.25) is 4.79 Å². The van der Waals surface area contributed by atoms with Gasteiger partial charge in [0.2, 0.25) is 10.0 Å². The maximum Gasteiger partial charge on any atom is 0.254 e. The van der Waals surface area contributed by atoms with E-state index in [-0.39, 0.29) is 16.8 Å². The second-order valence-corrected chi connectivity index (χ2v) is 8.01. The molecule has 0 saturated carbocycles. The highest BCUT2D eigenvalue weighted by Gasteiger charge is 2.30. The van der Waals surface area contributed by atoms with E-state index in [1.54, 1.807) is 24.8 Å². The predicted octanol–water partition coefficient (Wildman–Crippen LogP) is 1.15. The number of piperidine rings is 1. The van der Waals surface area contributed by atoms with Gasteiger partial charge in [0.15, 0.2) is 0 Å². The molecule has 1 heterocycles. The lowest BCUT2D eigenvalue weighted by Crippen LogP contribution is -2.49. The number of sulfonamides is 1. The van der Waals surface area contributed by atoms with Crippen LogP contribution >= 0.6 is 0 Å². The lowest BCUT2D eigenvalue weighted by Gasteiger charge is -2.38. The van der Waals surface area contributed by atoms with Crippen molar-refractivity contribution in [3.63, 3.8) is 0 Å². The van der Waals surface area contributed by atoms with Crippen molar-refractivity contribution in [2.75, 3.05) is 13.1 Å². The van der Waals surface area contributed by atoms with Gasteiger partial charge >= 0.3 is 0 Å².